The molecule has 12 heteroatoms. The first-order chi connectivity index (χ1) is 12.9. The summed E-state index contributed by atoms with van der Waals surface area (Å²) in [5, 5.41) is 13.9. The minimum Gasteiger partial charge on any atom is -0.492 e. The quantitative estimate of drug-likeness (QED) is 0.556. The molecule has 0 spiro atoms. The second-order valence-corrected chi connectivity index (χ2v) is 10.5. The maximum Gasteiger partial charge on any atom is 0.260 e. The number of sulfonamides is 1. The van der Waals surface area contributed by atoms with E-state index in [4.69, 9.17) is 4.74 Å². The van der Waals surface area contributed by atoms with Crippen molar-refractivity contribution in [3.05, 3.63) is 18.2 Å². The van der Waals surface area contributed by atoms with Crippen molar-refractivity contribution in [1.29, 1.82) is 0 Å². The maximum absolute atomic E-state index is 13.4. The van der Waals surface area contributed by atoms with Crippen LogP contribution in [0.15, 0.2) is 23.1 Å². The Hall–Kier alpha value is -1.73. The number of carbonyl (C=O) groups is 1. The molecule has 1 heterocycles. The Morgan fingerprint density at radius 3 is 2.43 bits per heavy atom. The number of hydrogen-bond acceptors (Lipinski definition) is 8. The molecule has 0 bridgehead atoms. The van der Waals surface area contributed by atoms with Gasteiger partial charge in [-0.05, 0) is 25.1 Å². The van der Waals surface area contributed by atoms with E-state index in [1.807, 2.05) is 0 Å². The highest BCUT2D eigenvalue weighted by Gasteiger charge is 2.46. The monoisotopic (exact) mass is 435 g/mol. The molecule has 0 aliphatic carbocycles. The van der Waals surface area contributed by atoms with E-state index in [0.29, 0.717) is 0 Å². The van der Waals surface area contributed by atoms with Gasteiger partial charge in [-0.15, -0.1) is 4.41 Å². The zero-order valence-electron chi connectivity index (χ0n) is 16.1. The molecule has 1 aliphatic heterocycles. The second kappa shape index (κ2) is 8.33. The molecule has 1 aliphatic rings. The molecule has 1 amide bonds. The van der Waals surface area contributed by atoms with E-state index in [9.17, 15) is 26.7 Å². The van der Waals surface area contributed by atoms with Crippen LogP contribution in [0.3, 0.4) is 0 Å². The van der Waals surface area contributed by atoms with Gasteiger partial charge in [0.2, 0.25) is 5.91 Å². The lowest BCUT2D eigenvalue weighted by Crippen LogP contribution is -2.53. The average molecular weight is 436 g/mol. The fourth-order valence-corrected chi connectivity index (χ4v) is 6.79. The van der Waals surface area contributed by atoms with Crippen LogP contribution in [0.5, 0.6) is 5.75 Å². The number of carbonyl (C=O) groups excluding carboxylic acids is 1. The third-order valence-corrected chi connectivity index (χ3v) is 7.72. The van der Waals surface area contributed by atoms with E-state index in [-0.39, 0.29) is 28.8 Å². The molecule has 1 aromatic rings. The summed E-state index contributed by atoms with van der Waals surface area (Å²) in [6.45, 7) is 3.18. The Balaban J connectivity index is 2.59. The number of hydrogen-bond donors (Lipinski definition) is 2. The van der Waals surface area contributed by atoms with Gasteiger partial charge in [0.1, 0.15) is 10.6 Å². The molecule has 28 heavy (non-hydrogen) atoms. The van der Waals surface area contributed by atoms with Crippen LogP contribution < -0.4 is 10.1 Å². The Kier molecular flexibility index (Phi) is 6.71. The van der Waals surface area contributed by atoms with Crippen molar-refractivity contribution in [3.63, 3.8) is 0 Å². The van der Waals surface area contributed by atoms with Gasteiger partial charge >= 0.3 is 0 Å². The smallest absolute Gasteiger partial charge is 0.260 e. The summed E-state index contributed by atoms with van der Waals surface area (Å²) in [4.78, 5) is 11.1. The van der Waals surface area contributed by atoms with E-state index in [1.165, 1.54) is 44.2 Å². The SMILES string of the molecule is CCOc1ccc(NC(C)=O)cc1S(=O)(=O)N(C1CS(=O)(=O)CC1O)N(C)C. The van der Waals surface area contributed by atoms with Crippen LogP contribution >= 0.6 is 0 Å². The topological polar surface area (TPSA) is 133 Å². The zero-order valence-corrected chi connectivity index (χ0v) is 17.7. The Morgan fingerprint density at radius 2 is 1.96 bits per heavy atom. The van der Waals surface area contributed by atoms with Gasteiger partial charge in [-0.3, -0.25) is 4.79 Å². The predicted octanol–water partition coefficient (Wildman–Crippen LogP) is -0.331. The number of nitrogens with zero attached hydrogens (tertiary/aromatic N) is 2. The van der Waals surface area contributed by atoms with Crippen molar-refractivity contribution < 1.29 is 31.5 Å². The summed E-state index contributed by atoms with van der Waals surface area (Å²) in [6, 6.07) is 2.98. The van der Waals surface area contributed by atoms with E-state index < -0.39 is 43.5 Å². The largest absolute Gasteiger partial charge is 0.492 e. The van der Waals surface area contributed by atoms with Gasteiger partial charge in [0.25, 0.3) is 10.0 Å². The van der Waals surface area contributed by atoms with Crippen LogP contribution in [-0.4, -0.2) is 81.6 Å². The summed E-state index contributed by atoms with van der Waals surface area (Å²) in [7, 11) is -5.03. The van der Waals surface area contributed by atoms with Crippen molar-refractivity contribution in [2.45, 2.75) is 30.9 Å². The van der Waals surface area contributed by atoms with Gasteiger partial charge in [-0.1, -0.05) is 0 Å². The molecule has 0 saturated carbocycles. The Bertz CT molecular complexity index is 945. The molecule has 1 aromatic carbocycles. The number of hydrazine groups is 1. The molecule has 0 aromatic heterocycles. The molecule has 158 valence electrons. The zero-order chi connectivity index (χ0) is 21.3. The molecule has 2 N–H and O–H groups in total. The number of aliphatic hydroxyl groups is 1. The van der Waals surface area contributed by atoms with Crippen LogP contribution in [0.2, 0.25) is 0 Å². The normalized spacial score (nSPS) is 21.8. The lowest BCUT2D eigenvalue weighted by Gasteiger charge is -2.34. The van der Waals surface area contributed by atoms with Crippen LogP contribution in [-0.2, 0) is 24.7 Å². The van der Waals surface area contributed by atoms with Crippen molar-refractivity contribution in [2.24, 2.45) is 0 Å². The summed E-state index contributed by atoms with van der Waals surface area (Å²) in [5.41, 5.74) is 0.243. The fraction of sp³-hybridized carbons (Fsp3) is 0.562. The Labute approximate surface area is 165 Å². The van der Waals surface area contributed by atoms with Gasteiger partial charge in [0.15, 0.2) is 9.84 Å². The summed E-state index contributed by atoms with van der Waals surface area (Å²) < 4.78 is 57.0. The van der Waals surface area contributed by atoms with Gasteiger partial charge in [-0.2, -0.15) is 0 Å². The maximum atomic E-state index is 13.4. The number of sulfone groups is 1. The number of amides is 1. The lowest BCUT2D eigenvalue weighted by atomic mass is 10.2. The molecule has 0 radical (unpaired) electrons. The van der Waals surface area contributed by atoms with Crippen molar-refractivity contribution >= 4 is 31.5 Å². The second-order valence-electron chi connectivity index (χ2n) is 6.61. The van der Waals surface area contributed by atoms with Crippen molar-refractivity contribution in [3.8, 4) is 5.75 Å². The van der Waals surface area contributed by atoms with Crippen molar-refractivity contribution in [2.75, 3.05) is 37.5 Å². The third kappa shape index (κ3) is 4.81. The Morgan fingerprint density at radius 1 is 1.32 bits per heavy atom. The summed E-state index contributed by atoms with van der Waals surface area (Å²) >= 11 is 0. The van der Waals surface area contributed by atoms with Crippen LogP contribution in [0.4, 0.5) is 5.69 Å². The average Bonchev–Trinajstić information content (AvgIpc) is 2.80. The minimum atomic E-state index is -4.32. The standard InChI is InChI=1S/C16H25N3O7S2/c1-5-26-15-7-6-12(17-11(2)20)8-16(15)28(24,25)19(18(3)4)13-9-27(22,23)10-14(13)21/h6-8,13-14,21H,5,9-10H2,1-4H3,(H,17,20). The molecule has 2 unspecified atom stereocenters. The number of ether oxygens (including phenoxy) is 1. The first kappa shape index (κ1) is 22.6. The summed E-state index contributed by atoms with van der Waals surface area (Å²) in [6.07, 6.45) is -1.36. The summed E-state index contributed by atoms with van der Waals surface area (Å²) in [5.74, 6) is -1.34. The number of benzene rings is 1. The predicted molar refractivity (Wildman–Crippen MR) is 103 cm³/mol. The van der Waals surface area contributed by atoms with E-state index >= 15 is 0 Å². The highest BCUT2D eigenvalue weighted by atomic mass is 32.2. The molecular formula is C16H25N3O7S2. The number of anilines is 1. The van der Waals surface area contributed by atoms with Gasteiger partial charge in [-0.25, -0.2) is 21.8 Å². The highest BCUT2D eigenvalue weighted by molar-refractivity contribution is 7.92. The van der Waals surface area contributed by atoms with Crippen LogP contribution in [0, 0.1) is 0 Å². The molecule has 2 rings (SSSR count). The molecule has 10 nitrogen and oxygen atoms in total. The van der Waals surface area contributed by atoms with E-state index in [1.54, 1.807) is 6.92 Å². The van der Waals surface area contributed by atoms with Gasteiger partial charge in [0.05, 0.1) is 30.3 Å². The number of aliphatic hydroxyl groups excluding tert-OH is 1. The molecule has 1 saturated heterocycles. The first-order valence-corrected chi connectivity index (χ1v) is 11.8. The molecular weight excluding hydrogens is 410 g/mol. The molecule has 1 fully saturated rings. The fourth-order valence-electron chi connectivity index (χ4n) is 3.08. The van der Waals surface area contributed by atoms with E-state index in [0.717, 1.165) is 4.41 Å². The van der Waals surface area contributed by atoms with Gasteiger partial charge < -0.3 is 15.2 Å². The number of rotatable bonds is 7. The van der Waals surface area contributed by atoms with Crippen molar-refractivity contribution in [1.82, 2.24) is 9.42 Å². The third-order valence-electron chi connectivity index (χ3n) is 4.06. The minimum absolute atomic E-state index is 0.0544. The lowest BCUT2D eigenvalue weighted by molar-refractivity contribution is -0.114. The highest BCUT2D eigenvalue weighted by Crippen LogP contribution is 2.33. The number of nitrogens with one attached hydrogen (secondary N) is 1. The van der Waals surface area contributed by atoms with E-state index in [2.05, 4.69) is 5.32 Å². The van der Waals surface area contributed by atoms with Gasteiger partial charge in [0, 0.05) is 26.7 Å². The molecule has 2 atom stereocenters. The van der Waals surface area contributed by atoms with Crippen LogP contribution in [0.1, 0.15) is 13.8 Å². The van der Waals surface area contributed by atoms with Crippen LogP contribution in [0.25, 0.3) is 0 Å². The first-order valence-electron chi connectivity index (χ1n) is 8.53.